The highest BCUT2D eigenvalue weighted by molar-refractivity contribution is 7.81. The number of nitrogens with one attached hydrogen (secondary N) is 2. The molecule has 0 saturated carbocycles. The topological polar surface area (TPSA) is 85.9 Å². The van der Waals surface area contributed by atoms with Crippen LogP contribution in [0.15, 0.2) is 0 Å². The maximum Gasteiger partial charge on any atom is 0.500 e. The van der Waals surface area contributed by atoms with Gasteiger partial charge in [-0.25, -0.2) is 0 Å². The van der Waals surface area contributed by atoms with Gasteiger partial charge in [-0.1, -0.05) is 0 Å². The summed E-state index contributed by atoms with van der Waals surface area (Å²) < 4.78 is 15.3. The smallest absolute Gasteiger partial charge is 0.377 e. The molecule has 7 nitrogen and oxygen atoms in total. The predicted octanol–water partition coefficient (Wildman–Crippen LogP) is 0.584. The van der Waals surface area contributed by atoms with Crippen LogP contribution in [0.1, 0.15) is 27.2 Å². The molecule has 22 heavy (non-hydrogen) atoms. The van der Waals surface area contributed by atoms with Gasteiger partial charge in [0.25, 0.3) is 0 Å². The van der Waals surface area contributed by atoms with E-state index in [9.17, 15) is 9.59 Å². The van der Waals surface area contributed by atoms with Crippen molar-refractivity contribution in [3.63, 3.8) is 0 Å². The second-order valence-electron chi connectivity index (χ2n) is 5.48. The Bertz CT molecular complexity index is 364. The zero-order valence-electron chi connectivity index (χ0n) is 14.2. The van der Waals surface area contributed by atoms with Crippen molar-refractivity contribution >= 4 is 33.2 Å². The number of hydrogen-bond acceptors (Lipinski definition) is 6. The number of carbonyl (C=O) groups is 2. The average molecular weight is 353 g/mol. The first-order valence-electron chi connectivity index (χ1n) is 7.04. The number of thiol groups is 1. The molecule has 0 bridgehead atoms. The van der Waals surface area contributed by atoms with Crippen LogP contribution in [0.3, 0.4) is 0 Å². The molecule has 2 N–H and O–H groups in total. The third kappa shape index (κ3) is 7.10. The second kappa shape index (κ2) is 9.51. The van der Waals surface area contributed by atoms with E-state index in [0.29, 0.717) is 19.0 Å². The van der Waals surface area contributed by atoms with Crippen molar-refractivity contribution in [2.45, 2.75) is 44.0 Å². The fourth-order valence-electron chi connectivity index (χ4n) is 1.94. The van der Waals surface area contributed by atoms with E-state index in [0.717, 1.165) is 0 Å². The Hall–Kier alpha value is -0.613. The number of carbonyl (C=O) groups excluding carboxylic acids is 2. The van der Waals surface area contributed by atoms with Gasteiger partial charge in [0.05, 0.1) is 0 Å². The Kier molecular flexibility index (Phi) is 9.24. The van der Waals surface area contributed by atoms with Crippen molar-refractivity contribution in [3.8, 4) is 0 Å². The lowest BCUT2D eigenvalue weighted by molar-refractivity contribution is -0.128. The van der Waals surface area contributed by atoms with Crippen LogP contribution >= 0.6 is 12.6 Å². The molecule has 0 aliphatic heterocycles. The fourth-order valence-corrected chi connectivity index (χ4v) is 3.84. The molecule has 0 spiro atoms. The zero-order chi connectivity index (χ0) is 17.4. The molecule has 9 heteroatoms. The van der Waals surface area contributed by atoms with Gasteiger partial charge >= 0.3 is 8.80 Å². The molecule has 1 atom stereocenters. The van der Waals surface area contributed by atoms with Crippen LogP contribution in [0.4, 0.5) is 0 Å². The standard InChI is InChI=1S/C13H28N2O5SSi/c1-10(16)15-11(13(2,3)21)12(17)14-8-7-9-22(18-4,19-5)20-6/h11,21H,7-9H2,1-6H3,(H,14,17)(H,15,16). The molecule has 0 saturated heterocycles. The highest BCUT2D eigenvalue weighted by Gasteiger charge is 2.37. The molecule has 0 radical (unpaired) electrons. The zero-order valence-corrected chi connectivity index (χ0v) is 16.1. The first-order valence-corrected chi connectivity index (χ1v) is 9.42. The lowest BCUT2D eigenvalue weighted by Crippen LogP contribution is -2.55. The van der Waals surface area contributed by atoms with E-state index in [1.165, 1.54) is 6.92 Å². The minimum atomic E-state index is -2.62. The largest absolute Gasteiger partial charge is 0.500 e. The van der Waals surface area contributed by atoms with Crippen molar-refractivity contribution in [1.29, 1.82) is 0 Å². The summed E-state index contributed by atoms with van der Waals surface area (Å²) in [5, 5.41) is 5.41. The predicted molar refractivity (Wildman–Crippen MR) is 89.9 cm³/mol. The second-order valence-corrected chi connectivity index (χ2v) is 9.72. The molecule has 0 aromatic carbocycles. The molecule has 0 aliphatic rings. The van der Waals surface area contributed by atoms with E-state index in [4.69, 9.17) is 13.3 Å². The molecule has 0 aliphatic carbocycles. The van der Waals surface area contributed by atoms with Gasteiger partial charge in [0.2, 0.25) is 11.8 Å². The van der Waals surface area contributed by atoms with Gasteiger partial charge in [0, 0.05) is 45.6 Å². The molecule has 0 fully saturated rings. The third-order valence-electron chi connectivity index (χ3n) is 3.21. The molecule has 1 unspecified atom stereocenters. The molecule has 0 rings (SSSR count). The Balaban J connectivity index is 4.44. The highest BCUT2D eigenvalue weighted by atomic mass is 32.1. The minimum Gasteiger partial charge on any atom is -0.377 e. The van der Waals surface area contributed by atoms with Crippen molar-refractivity contribution in [2.75, 3.05) is 27.9 Å². The van der Waals surface area contributed by atoms with E-state index in [2.05, 4.69) is 23.3 Å². The van der Waals surface area contributed by atoms with E-state index in [1.807, 2.05) is 0 Å². The van der Waals surface area contributed by atoms with Crippen LogP contribution in [0.2, 0.25) is 6.04 Å². The molecule has 2 amide bonds. The normalized spacial score (nSPS) is 13.6. The van der Waals surface area contributed by atoms with Gasteiger partial charge in [-0.2, -0.15) is 12.6 Å². The van der Waals surface area contributed by atoms with Gasteiger partial charge in [-0.05, 0) is 20.3 Å². The lowest BCUT2D eigenvalue weighted by atomic mass is 10.0. The summed E-state index contributed by atoms with van der Waals surface area (Å²) >= 11 is 4.37. The summed E-state index contributed by atoms with van der Waals surface area (Å²) in [4.78, 5) is 23.4. The van der Waals surface area contributed by atoms with Crippen LogP contribution < -0.4 is 10.6 Å². The van der Waals surface area contributed by atoms with Gasteiger partial charge in [-0.15, -0.1) is 0 Å². The van der Waals surface area contributed by atoms with Crippen LogP contribution in [-0.2, 0) is 22.9 Å². The van der Waals surface area contributed by atoms with Gasteiger partial charge in [-0.3, -0.25) is 9.59 Å². The summed E-state index contributed by atoms with van der Waals surface area (Å²) in [5.74, 6) is -0.540. The molecule has 130 valence electrons. The monoisotopic (exact) mass is 352 g/mol. The first-order chi connectivity index (χ1) is 10.1. The Morgan fingerprint density at radius 2 is 1.68 bits per heavy atom. The van der Waals surface area contributed by atoms with Gasteiger partial charge in [0.1, 0.15) is 6.04 Å². The highest BCUT2D eigenvalue weighted by Crippen LogP contribution is 2.18. The van der Waals surface area contributed by atoms with Gasteiger partial charge < -0.3 is 23.9 Å². The fraction of sp³-hybridized carbons (Fsp3) is 0.846. The minimum absolute atomic E-state index is 0.269. The Labute approximate surface area is 139 Å². The molecular formula is C13H28N2O5SSi. The Morgan fingerprint density at radius 1 is 1.18 bits per heavy atom. The van der Waals surface area contributed by atoms with E-state index < -0.39 is 19.6 Å². The average Bonchev–Trinajstić information content (AvgIpc) is 2.44. The maximum absolute atomic E-state index is 12.2. The number of amides is 2. The van der Waals surface area contributed by atoms with Crippen LogP contribution in [0, 0.1) is 0 Å². The molecular weight excluding hydrogens is 324 g/mol. The summed E-state index contributed by atoms with van der Waals surface area (Å²) in [7, 11) is 2.03. The summed E-state index contributed by atoms with van der Waals surface area (Å²) in [5.41, 5.74) is 0. The van der Waals surface area contributed by atoms with Crippen LogP contribution in [0.25, 0.3) is 0 Å². The van der Waals surface area contributed by atoms with E-state index in [1.54, 1.807) is 35.2 Å². The summed E-state index contributed by atoms with van der Waals surface area (Å²) in [6.07, 6.45) is 0.646. The first kappa shape index (κ1) is 21.4. The molecule has 0 aromatic heterocycles. The number of rotatable bonds is 10. The number of hydrogen-bond donors (Lipinski definition) is 3. The van der Waals surface area contributed by atoms with Crippen LogP contribution in [0.5, 0.6) is 0 Å². The maximum atomic E-state index is 12.2. The SMILES string of the molecule is CO[Si](CCCNC(=O)C(NC(C)=O)C(C)(C)S)(OC)OC. The Morgan fingerprint density at radius 3 is 2.05 bits per heavy atom. The van der Waals surface area contributed by atoms with Crippen molar-refractivity contribution in [2.24, 2.45) is 0 Å². The third-order valence-corrected chi connectivity index (χ3v) is 6.30. The molecule has 0 heterocycles. The molecule has 0 aromatic rings. The van der Waals surface area contributed by atoms with Crippen molar-refractivity contribution in [3.05, 3.63) is 0 Å². The quantitative estimate of drug-likeness (QED) is 0.304. The summed E-state index contributed by atoms with van der Waals surface area (Å²) in [6.45, 7) is 5.35. The van der Waals surface area contributed by atoms with Crippen LogP contribution in [-0.4, -0.2) is 59.3 Å². The van der Waals surface area contributed by atoms with Crippen molar-refractivity contribution in [1.82, 2.24) is 10.6 Å². The van der Waals surface area contributed by atoms with Gasteiger partial charge in [0.15, 0.2) is 0 Å². The summed E-state index contributed by atoms with van der Waals surface area (Å²) in [6, 6.07) is -0.117. The van der Waals surface area contributed by atoms with E-state index in [-0.39, 0.29) is 11.8 Å². The lowest BCUT2D eigenvalue weighted by Gasteiger charge is -2.29. The van der Waals surface area contributed by atoms with E-state index >= 15 is 0 Å². The van der Waals surface area contributed by atoms with Crippen molar-refractivity contribution < 1.29 is 22.9 Å².